The van der Waals surface area contributed by atoms with Crippen molar-refractivity contribution < 1.29 is 13.6 Å². The predicted octanol–water partition coefficient (Wildman–Crippen LogP) is 3.37. The molecule has 0 unspecified atom stereocenters. The molecule has 25 heavy (non-hydrogen) atoms. The highest BCUT2D eigenvalue weighted by atomic mass is 32.2. The molecule has 1 N–H and O–H groups in total. The fourth-order valence-corrected chi connectivity index (χ4v) is 3.26. The second-order valence-corrected chi connectivity index (χ2v) is 6.94. The lowest BCUT2D eigenvalue weighted by molar-refractivity contribution is -0.113. The summed E-state index contributed by atoms with van der Waals surface area (Å²) in [6, 6.07) is 7.45. The topological polar surface area (TPSA) is 107 Å². The van der Waals surface area contributed by atoms with E-state index < -0.39 is 0 Å². The Balaban J connectivity index is 1.36. The van der Waals surface area contributed by atoms with Gasteiger partial charge in [-0.2, -0.15) is 0 Å². The summed E-state index contributed by atoms with van der Waals surface area (Å²) in [5.41, 5.74) is 2.03. The van der Waals surface area contributed by atoms with Gasteiger partial charge in [0.05, 0.1) is 10.8 Å². The molecule has 1 amide bonds. The molecule has 0 saturated carbocycles. The van der Waals surface area contributed by atoms with Crippen molar-refractivity contribution in [2.45, 2.75) is 12.1 Å². The zero-order valence-corrected chi connectivity index (χ0v) is 14.6. The maximum atomic E-state index is 12.0. The molecule has 0 aliphatic heterocycles. The number of hydrogen-bond acceptors (Lipinski definition) is 9. The highest BCUT2D eigenvalue weighted by Crippen LogP contribution is 2.24. The molecule has 0 spiro atoms. The Morgan fingerprint density at radius 2 is 2.12 bits per heavy atom. The first-order valence-corrected chi connectivity index (χ1v) is 9.08. The number of anilines is 1. The summed E-state index contributed by atoms with van der Waals surface area (Å²) in [5, 5.41) is 13.4. The third-order valence-corrected chi connectivity index (χ3v) is 4.71. The molecule has 0 aliphatic rings. The van der Waals surface area contributed by atoms with Gasteiger partial charge in [-0.15, -0.1) is 16.4 Å². The summed E-state index contributed by atoms with van der Waals surface area (Å²) < 4.78 is 10.9. The van der Waals surface area contributed by atoms with Crippen LogP contribution in [0, 0.1) is 6.92 Å². The number of para-hydroxylation sites is 2. The minimum Gasteiger partial charge on any atom is -0.431 e. The lowest BCUT2D eigenvalue weighted by Gasteiger charge is -1.97. The Morgan fingerprint density at radius 3 is 2.92 bits per heavy atom. The number of carbonyl (C=O) groups excluding carboxylic acids is 1. The standard InChI is InChI=1S/C15H11N5O3S2/c1-8-16-10(6-24-8)13-19-20-14(23-13)18-12(21)7-25-15-17-9-4-2-3-5-11(9)22-15/h2-6H,7H2,1H3,(H,18,20,21). The first-order chi connectivity index (χ1) is 12.2. The average molecular weight is 373 g/mol. The molecule has 4 aromatic rings. The van der Waals surface area contributed by atoms with Crippen molar-refractivity contribution in [2.75, 3.05) is 11.1 Å². The third-order valence-electron chi connectivity index (χ3n) is 3.11. The maximum Gasteiger partial charge on any atom is 0.322 e. The number of benzene rings is 1. The number of thiazole rings is 1. The molecule has 0 aliphatic carbocycles. The summed E-state index contributed by atoms with van der Waals surface area (Å²) in [5.74, 6) is 0.0866. The van der Waals surface area contributed by atoms with Crippen LogP contribution in [0.4, 0.5) is 6.01 Å². The van der Waals surface area contributed by atoms with Crippen LogP contribution >= 0.6 is 23.1 Å². The van der Waals surface area contributed by atoms with Crippen molar-refractivity contribution in [2.24, 2.45) is 0 Å². The summed E-state index contributed by atoms with van der Waals surface area (Å²) in [6.45, 7) is 1.89. The van der Waals surface area contributed by atoms with E-state index in [0.29, 0.717) is 16.5 Å². The van der Waals surface area contributed by atoms with Crippen LogP contribution in [0.5, 0.6) is 0 Å². The number of fused-ring (bicyclic) bond motifs is 1. The number of nitrogens with zero attached hydrogens (tertiary/aromatic N) is 4. The van der Waals surface area contributed by atoms with E-state index in [2.05, 4.69) is 25.5 Å². The molecular weight excluding hydrogens is 362 g/mol. The molecule has 0 fully saturated rings. The van der Waals surface area contributed by atoms with Crippen LogP contribution < -0.4 is 5.32 Å². The van der Waals surface area contributed by atoms with Crippen LogP contribution in [0.25, 0.3) is 22.7 Å². The first kappa shape index (κ1) is 15.8. The quantitative estimate of drug-likeness (QED) is 0.531. The average Bonchev–Trinajstić information content (AvgIpc) is 3.31. The molecule has 0 radical (unpaired) electrons. The number of oxazole rings is 1. The first-order valence-electron chi connectivity index (χ1n) is 7.21. The minimum atomic E-state index is -0.295. The maximum absolute atomic E-state index is 12.0. The van der Waals surface area contributed by atoms with Crippen LogP contribution in [-0.2, 0) is 4.79 Å². The molecule has 0 atom stereocenters. The predicted molar refractivity (Wildman–Crippen MR) is 93.5 cm³/mol. The number of thioether (sulfide) groups is 1. The van der Waals surface area contributed by atoms with E-state index in [9.17, 15) is 4.79 Å². The van der Waals surface area contributed by atoms with Gasteiger partial charge in [-0.25, -0.2) is 9.97 Å². The normalized spacial score (nSPS) is 11.1. The number of amides is 1. The van der Waals surface area contributed by atoms with Crippen molar-refractivity contribution in [1.82, 2.24) is 20.2 Å². The highest BCUT2D eigenvalue weighted by molar-refractivity contribution is 7.99. The molecule has 3 heterocycles. The number of rotatable bonds is 5. The van der Waals surface area contributed by atoms with Crippen LogP contribution in [-0.4, -0.2) is 31.8 Å². The van der Waals surface area contributed by atoms with Gasteiger partial charge in [0, 0.05) is 5.38 Å². The second kappa shape index (κ2) is 6.65. The monoisotopic (exact) mass is 373 g/mol. The molecule has 3 aromatic heterocycles. The third kappa shape index (κ3) is 3.54. The number of aromatic nitrogens is 4. The van der Waals surface area contributed by atoms with Crippen LogP contribution in [0.15, 0.2) is 43.7 Å². The zero-order valence-electron chi connectivity index (χ0n) is 12.9. The zero-order chi connectivity index (χ0) is 17.2. The molecule has 8 nitrogen and oxygen atoms in total. The molecule has 4 rings (SSSR count). The minimum absolute atomic E-state index is 0.0313. The van der Waals surface area contributed by atoms with E-state index in [-0.39, 0.29) is 23.6 Å². The largest absolute Gasteiger partial charge is 0.431 e. The lowest BCUT2D eigenvalue weighted by Crippen LogP contribution is -2.14. The van der Waals surface area contributed by atoms with Gasteiger partial charge in [0.1, 0.15) is 11.2 Å². The van der Waals surface area contributed by atoms with Gasteiger partial charge in [-0.3, -0.25) is 10.1 Å². The van der Waals surface area contributed by atoms with Crippen LogP contribution in [0.2, 0.25) is 0 Å². The van der Waals surface area contributed by atoms with Gasteiger partial charge in [-0.05, 0) is 19.1 Å². The second-order valence-electron chi connectivity index (χ2n) is 4.95. The summed E-state index contributed by atoms with van der Waals surface area (Å²) >= 11 is 2.67. The molecule has 0 saturated heterocycles. The van der Waals surface area contributed by atoms with Gasteiger partial charge in [0.25, 0.3) is 11.1 Å². The SMILES string of the molecule is Cc1nc(-c2nnc(NC(=O)CSc3nc4ccccc4o3)o2)cs1. The Labute approximate surface area is 149 Å². The lowest BCUT2D eigenvalue weighted by atomic mass is 10.3. The van der Waals surface area contributed by atoms with Crippen molar-refractivity contribution in [3.05, 3.63) is 34.7 Å². The number of hydrogen-bond donors (Lipinski definition) is 1. The van der Waals surface area contributed by atoms with Gasteiger partial charge in [0.2, 0.25) is 5.91 Å². The Bertz CT molecular complexity index is 1010. The van der Waals surface area contributed by atoms with Gasteiger partial charge >= 0.3 is 6.01 Å². The number of carbonyl (C=O) groups is 1. The fraction of sp³-hybridized carbons (Fsp3) is 0.133. The van der Waals surface area contributed by atoms with Gasteiger partial charge in [-0.1, -0.05) is 29.0 Å². The molecule has 10 heteroatoms. The van der Waals surface area contributed by atoms with E-state index in [4.69, 9.17) is 8.83 Å². The van der Waals surface area contributed by atoms with Crippen molar-refractivity contribution >= 4 is 46.1 Å². The van der Waals surface area contributed by atoms with Crippen LogP contribution in [0.3, 0.4) is 0 Å². The van der Waals surface area contributed by atoms with Crippen molar-refractivity contribution in [3.8, 4) is 11.6 Å². The van der Waals surface area contributed by atoms with E-state index in [0.717, 1.165) is 10.5 Å². The van der Waals surface area contributed by atoms with Crippen molar-refractivity contribution in [1.29, 1.82) is 0 Å². The van der Waals surface area contributed by atoms with Gasteiger partial charge in [0.15, 0.2) is 5.58 Å². The molecule has 126 valence electrons. The fourth-order valence-electron chi connectivity index (χ4n) is 2.03. The number of aryl methyl sites for hydroxylation is 1. The Hall–Kier alpha value is -2.72. The Kier molecular flexibility index (Phi) is 4.20. The summed E-state index contributed by atoms with van der Waals surface area (Å²) in [7, 11) is 0. The molecule has 1 aromatic carbocycles. The Morgan fingerprint density at radius 1 is 1.24 bits per heavy atom. The van der Waals surface area contributed by atoms with Crippen LogP contribution in [0.1, 0.15) is 5.01 Å². The summed E-state index contributed by atoms with van der Waals surface area (Å²) in [6.07, 6.45) is 0. The molecular formula is C15H11N5O3S2. The van der Waals surface area contributed by atoms with E-state index in [1.807, 2.05) is 36.6 Å². The van der Waals surface area contributed by atoms with Crippen molar-refractivity contribution in [3.63, 3.8) is 0 Å². The molecule has 0 bridgehead atoms. The summed E-state index contributed by atoms with van der Waals surface area (Å²) in [4.78, 5) is 20.6. The highest BCUT2D eigenvalue weighted by Gasteiger charge is 2.14. The smallest absolute Gasteiger partial charge is 0.322 e. The van der Waals surface area contributed by atoms with E-state index in [1.165, 1.54) is 23.1 Å². The van der Waals surface area contributed by atoms with E-state index >= 15 is 0 Å². The van der Waals surface area contributed by atoms with E-state index in [1.54, 1.807) is 0 Å². The van der Waals surface area contributed by atoms with Gasteiger partial charge < -0.3 is 8.83 Å². The number of nitrogens with one attached hydrogen (secondary N) is 1.